The monoisotopic (exact) mass is 337 g/mol. The molecule has 0 aliphatic rings. The van der Waals surface area contributed by atoms with E-state index >= 15 is 0 Å². The zero-order chi connectivity index (χ0) is 17.6. The highest BCUT2D eigenvalue weighted by Crippen LogP contribution is 2.26. The van der Waals surface area contributed by atoms with Gasteiger partial charge in [0.25, 0.3) is 0 Å². The van der Waals surface area contributed by atoms with Gasteiger partial charge < -0.3 is 0 Å². The zero-order valence-electron chi connectivity index (χ0n) is 14.0. The van der Waals surface area contributed by atoms with Gasteiger partial charge in [0.15, 0.2) is 5.82 Å². The van der Waals surface area contributed by atoms with E-state index < -0.39 is 0 Å². The summed E-state index contributed by atoms with van der Waals surface area (Å²) in [6, 6.07) is 8.33. The second-order valence-corrected chi connectivity index (χ2v) is 5.78. The molecule has 0 aliphatic heterocycles. The number of benzene rings is 1. The molecule has 0 aliphatic carbocycles. The highest BCUT2D eigenvalue weighted by molar-refractivity contribution is 5.67. The number of aromatic nitrogens is 7. The fourth-order valence-electron chi connectivity index (χ4n) is 2.71. The molecule has 0 fully saturated rings. The number of hydrogen-bond donors (Lipinski definition) is 1. The van der Waals surface area contributed by atoms with Gasteiger partial charge in [-0.25, -0.2) is 14.1 Å². The van der Waals surface area contributed by atoms with E-state index in [-0.39, 0.29) is 5.82 Å². The zero-order valence-corrected chi connectivity index (χ0v) is 14.0. The van der Waals surface area contributed by atoms with Crippen molar-refractivity contribution in [2.24, 2.45) is 7.05 Å². The molecular formula is C17H16FN7. The molecule has 1 N–H and O–H groups in total. The quantitative estimate of drug-likeness (QED) is 0.623. The Morgan fingerprint density at radius 1 is 1.16 bits per heavy atom. The molecule has 7 nitrogen and oxygen atoms in total. The van der Waals surface area contributed by atoms with E-state index in [0.717, 1.165) is 17.0 Å². The van der Waals surface area contributed by atoms with Crippen molar-refractivity contribution in [1.29, 1.82) is 0 Å². The molecule has 0 atom stereocenters. The molecule has 0 saturated carbocycles. The Bertz CT molecular complexity index is 1060. The van der Waals surface area contributed by atoms with Crippen LogP contribution >= 0.6 is 0 Å². The highest BCUT2D eigenvalue weighted by atomic mass is 19.1. The number of rotatable bonds is 3. The molecule has 4 rings (SSSR count). The molecule has 3 heterocycles. The molecule has 4 aromatic rings. The average molecular weight is 337 g/mol. The number of halogens is 1. The number of aromatic amines is 1. The van der Waals surface area contributed by atoms with Gasteiger partial charge in [0, 0.05) is 18.3 Å². The fraction of sp³-hybridized carbons (Fsp3) is 0.176. The van der Waals surface area contributed by atoms with Crippen molar-refractivity contribution in [3.05, 3.63) is 53.9 Å². The van der Waals surface area contributed by atoms with E-state index in [1.807, 2.05) is 20.0 Å². The second-order valence-electron chi connectivity index (χ2n) is 5.78. The van der Waals surface area contributed by atoms with Crippen LogP contribution in [0.3, 0.4) is 0 Å². The number of nitrogens with zero attached hydrogens (tertiary/aromatic N) is 6. The summed E-state index contributed by atoms with van der Waals surface area (Å²) in [5.41, 5.74) is 3.68. The third-order valence-corrected chi connectivity index (χ3v) is 4.12. The molecule has 8 heteroatoms. The van der Waals surface area contributed by atoms with E-state index in [9.17, 15) is 4.39 Å². The number of para-hydroxylation sites is 1. The summed E-state index contributed by atoms with van der Waals surface area (Å²) in [4.78, 5) is 4.43. The average Bonchev–Trinajstić information content (AvgIpc) is 3.28. The lowest BCUT2D eigenvalue weighted by Gasteiger charge is -2.05. The van der Waals surface area contributed by atoms with Crippen LogP contribution in [0.15, 0.2) is 36.5 Å². The van der Waals surface area contributed by atoms with Crippen LogP contribution in [-0.2, 0) is 7.05 Å². The van der Waals surface area contributed by atoms with E-state index in [1.165, 1.54) is 10.7 Å². The number of hydrogen-bond acceptors (Lipinski definition) is 4. The van der Waals surface area contributed by atoms with E-state index in [1.54, 1.807) is 36.0 Å². The molecule has 25 heavy (non-hydrogen) atoms. The first-order valence-corrected chi connectivity index (χ1v) is 7.78. The smallest absolute Gasteiger partial charge is 0.181 e. The first-order chi connectivity index (χ1) is 12.0. The maximum atomic E-state index is 14.2. The third-order valence-electron chi connectivity index (χ3n) is 4.12. The molecule has 0 spiro atoms. The van der Waals surface area contributed by atoms with Crippen LogP contribution in [0, 0.1) is 19.7 Å². The van der Waals surface area contributed by atoms with Gasteiger partial charge in [0.2, 0.25) is 0 Å². The SMILES string of the molecule is Cc1nc(-c2cc(-c3cnn(C)c3C)n[nH]2)n(-c2ccccc2F)n1. The first kappa shape index (κ1) is 15.3. The number of H-pyrrole nitrogens is 1. The van der Waals surface area contributed by atoms with Crippen LogP contribution in [0.2, 0.25) is 0 Å². The van der Waals surface area contributed by atoms with E-state index in [4.69, 9.17) is 0 Å². The Morgan fingerprint density at radius 3 is 2.68 bits per heavy atom. The van der Waals surface area contributed by atoms with Crippen LogP contribution in [0.1, 0.15) is 11.5 Å². The largest absolute Gasteiger partial charge is 0.274 e. The van der Waals surface area contributed by atoms with Crippen molar-refractivity contribution in [3.8, 4) is 28.5 Å². The lowest BCUT2D eigenvalue weighted by atomic mass is 10.2. The Balaban J connectivity index is 1.82. The maximum absolute atomic E-state index is 14.2. The Morgan fingerprint density at radius 2 is 1.96 bits per heavy atom. The van der Waals surface area contributed by atoms with Crippen LogP contribution in [0.5, 0.6) is 0 Å². The van der Waals surface area contributed by atoms with Gasteiger partial charge in [0.1, 0.15) is 23.0 Å². The topological polar surface area (TPSA) is 77.2 Å². The van der Waals surface area contributed by atoms with Gasteiger partial charge in [-0.05, 0) is 32.0 Å². The van der Waals surface area contributed by atoms with Crippen LogP contribution in [0.25, 0.3) is 28.5 Å². The van der Waals surface area contributed by atoms with Crippen LogP contribution in [-0.4, -0.2) is 34.7 Å². The Kier molecular flexibility index (Phi) is 3.45. The van der Waals surface area contributed by atoms with Gasteiger partial charge in [0.05, 0.1) is 11.9 Å². The third kappa shape index (κ3) is 2.51. The summed E-state index contributed by atoms with van der Waals surface area (Å²) in [5, 5.41) is 15.9. The Hall–Kier alpha value is -3.29. The van der Waals surface area contributed by atoms with Crippen molar-refractivity contribution in [2.45, 2.75) is 13.8 Å². The van der Waals surface area contributed by atoms with Crippen molar-refractivity contribution in [1.82, 2.24) is 34.7 Å². The molecule has 0 bridgehead atoms. The first-order valence-electron chi connectivity index (χ1n) is 7.78. The number of nitrogens with one attached hydrogen (secondary N) is 1. The molecule has 0 radical (unpaired) electrons. The molecule has 1 aromatic carbocycles. The van der Waals surface area contributed by atoms with Gasteiger partial charge >= 0.3 is 0 Å². The number of aryl methyl sites for hydroxylation is 2. The molecule has 126 valence electrons. The second kappa shape index (κ2) is 5.66. The van der Waals surface area contributed by atoms with Gasteiger partial charge in [-0.15, -0.1) is 0 Å². The van der Waals surface area contributed by atoms with E-state index in [0.29, 0.717) is 23.0 Å². The van der Waals surface area contributed by atoms with Crippen molar-refractivity contribution in [2.75, 3.05) is 0 Å². The summed E-state index contributed by atoms with van der Waals surface area (Å²) in [6.07, 6.45) is 1.77. The van der Waals surface area contributed by atoms with Gasteiger partial charge in [-0.1, -0.05) is 12.1 Å². The van der Waals surface area contributed by atoms with Gasteiger partial charge in [-0.3, -0.25) is 9.78 Å². The van der Waals surface area contributed by atoms with Crippen molar-refractivity contribution < 1.29 is 4.39 Å². The van der Waals surface area contributed by atoms with Crippen LogP contribution in [0.4, 0.5) is 4.39 Å². The van der Waals surface area contributed by atoms with Crippen molar-refractivity contribution in [3.63, 3.8) is 0 Å². The minimum atomic E-state index is -0.364. The lowest BCUT2D eigenvalue weighted by molar-refractivity contribution is 0.611. The standard InChI is InChI=1S/C17H16FN7/c1-10-12(9-19-24(10)3)14-8-15(22-21-14)17-20-11(2)23-25(17)16-7-5-4-6-13(16)18/h4-9H,1-3H3,(H,21,22). The van der Waals surface area contributed by atoms with Crippen LogP contribution < -0.4 is 0 Å². The summed E-state index contributed by atoms with van der Waals surface area (Å²) in [5.74, 6) is 0.686. The maximum Gasteiger partial charge on any atom is 0.181 e. The molecule has 3 aromatic heterocycles. The molecular weight excluding hydrogens is 321 g/mol. The minimum absolute atomic E-state index is 0.340. The normalized spacial score (nSPS) is 11.2. The highest BCUT2D eigenvalue weighted by Gasteiger charge is 2.18. The molecule has 0 unspecified atom stereocenters. The summed E-state index contributed by atoms with van der Waals surface area (Å²) >= 11 is 0. The molecule has 0 amide bonds. The predicted octanol–water partition coefficient (Wildman–Crippen LogP) is 2.81. The van der Waals surface area contributed by atoms with Gasteiger partial charge in [-0.2, -0.15) is 15.3 Å². The molecule has 0 saturated heterocycles. The lowest BCUT2D eigenvalue weighted by Crippen LogP contribution is -2.02. The minimum Gasteiger partial charge on any atom is -0.274 e. The summed E-state index contributed by atoms with van der Waals surface area (Å²) < 4.78 is 17.5. The summed E-state index contributed by atoms with van der Waals surface area (Å²) in [6.45, 7) is 3.74. The predicted molar refractivity (Wildman–Crippen MR) is 90.6 cm³/mol. The summed E-state index contributed by atoms with van der Waals surface area (Å²) in [7, 11) is 1.88. The Labute approximate surface area is 143 Å². The van der Waals surface area contributed by atoms with Crippen molar-refractivity contribution >= 4 is 0 Å². The fourth-order valence-corrected chi connectivity index (χ4v) is 2.71. The van der Waals surface area contributed by atoms with E-state index in [2.05, 4.69) is 25.4 Å².